The Morgan fingerprint density at radius 2 is 1.52 bits per heavy atom. The Kier molecular flexibility index (Phi) is 12.1. The van der Waals surface area contributed by atoms with Crippen LogP contribution in [0.15, 0.2) is 24.3 Å². The molecule has 0 aliphatic carbocycles. The van der Waals surface area contributed by atoms with Crippen LogP contribution in [0.25, 0.3) is 0 Å². The van der Waals surface area contributed by atoms with Crippen molar-refractivity contribution in [2.24, 2.45) is 0 Å². The zero-order chi connectivity index (χ0) is 20.3. The third-order valence-electron chi connectivity index (χ3n) is 5.68. The predicted octanol–water partition coefficient (Wildman–Crippen LogP) is 6.41. The van der Waals surface area contributed by atoms with E-state index in [9.17, 15) is 4.79 Å². The average molecular weight is 498 g/mol. The Morgan fingerprint density at radius 1 is 1.00 bits per heavy atom. The summed E-state index contributed by atoms with van der Waals surface area (Å²) in [6.45, 7) is 11.1. The zero-order valence-corrected chi connectivity index (χ0v) is 22.0. The number of benzene rings is 1. The van der Waals surface area contributed by atoms with Crippen LogP contribution in [-0.4, -0.2) is 36.1 Å². The molecule has 0 saturated heterocycles. The normalized spacial score (nSPS) is 11.8. The summed E-state index contributed by atoms with van der Waals surface area (Å²) in [5.74, 6) is 0.361. The number of carbonyl (C=O) groups is 1. The van der Waals surface area contributed by atoms with Gasteiger partial charge in [0.1, 0.15) is 0 Å². The Morgan fingerprint density at radius 3 is 1.93 bits per heavy atom. The van der Waals surface area contributed by atoms with Gasteiger partial charge in [0.25, 0.3) is 0 Å². The van der Waals surface area contributed by atoms with Crippen molar-refractivity contribution in [1.82, 2.24) is 0 Å². The van der Waals surface area contributed by atoms with Crippen molar-refractivity contribution in [2.75, 3.05) is 10.7 Å². The molecule has 0 saturated carbocycles. The molecule has 154 valence electrons. The minimum atomic E-state index is -2.46. The number of carbonyl (C=O) groups excluding carboxylic acids is 1. The van der Waals surface area contributed by atoms with E-state index in [2.05, 4.69) is 71.5 Å². The van der Waals surface area contributed by atoms with E-state index in [0.717, 1.165) is 5.69 Å². The second-order valence-corrected chi connectivity index (χ2v) is 21.7. The molecule has 0 aliphatic heterocycles. The maximum absolute atomic E-state index is 12.5. The molecule has 1 aromatic carbocycles. The summed E-state index contributed by atoms with van der Waals surface area (Å²) in [5.41, 5.74) is 1.08. The molecule has 0 aliphatic rings. The van der Waals surface area contributed by atoms with Gasteiger partial charge >= 0.3 is 178 Å². The molecule has 0 N–H and O–H groups in total. The Hall–Kier alpha value is -0.161. The van der Waals surface area contributed by atoms with Gasteiger partial charge in [-0.05, 0) is 0 Å². The standard InChI is InChI=1S/C11H14NOS.3C4H9.Sn/c1-9(2)12(11(13)8-14)10-6-4-3-5-7-10;3*1-3-4-2;/h3-4,6-7,9,14H,8H2,1-2H3;3*1,3-4H2,2H3;. The second kappa shape index (κ2) is 13.1. The molecule has 27 heavy (non-hydrogen) atoms. The summed E-state index contributed by atoms with van der Waals surface area (Å²) in [7, 11) is 0. The van der Waals surface area contributed by atoms with Crippen molar-refractivity contribution in [2.45, 2.75) is 92.5 Å². The fourth-order valence-electron chi connectivity index (χ4n) is 4.15. The van der Waals surface area contributed by atoms with E-state index in [1.54, 1.807) is 3.58 Å². The van der Waals surface area contributed by atoms with E-state index in [-0.39, 0.29) is 17.7 Å². The van der Waals surface area contributed by atoms with Crippen LogP contribution >= 0.6 is 12.6 Å². The molecule has 0 bridgehead atoms. The van der Waals surface area contributed by atoms with Crippen LogP contribution in [0.4, 0.5) is 5.69 Å². The fourth-order valence-corrected chi connectivity index (χ4v) is 20.3. The van der Waals surface area contributed by atoms with Gasteiger partial charge in [-0.2, -0.15) is 0 Å². The summed E-state index contributed by atoms with van der Waals surface area (Å²) in [4.78, 5) is 14.4. The van der Waals surface area contributed by atoms with Gasteiger partial charge < -0.3 is 0 Å². The van der Waals surface area contributed by atoms with E-state index in [1.807, 2.05) is 4.90 Å². The van der Waals surface area contributed by atoms with Crippen LogP contribution in [0, 0.1) is 0 Å². The molecule has 2 nitrogen and oxygen atoms in total. The molecule has 1 amide bonds. The van der Waals surface area contributed by atoms with E-state index in [4.69, 9.17) is 0 Å². The molecule has 0 heterocycles. The summed E-state index contributed by atoms with van der Waals surface area (Å²) in [6.07, 6.45) is 7.93. The maximum atomic E-state index is 12.5. The molecule has 1 rings (SSSR count). The number of unbranched alkanes of at least 4 members (excludes halogenated alkanes) is 3. The topological polar surface area (TPSA) is 20.3 Å². The number of hydrogen-bond donors (Lipinski definition) is 1. The van der Waals surface area contributed by atoms with Gasteiger partial charge in [0, 0.05) is 0 Å². The number of amides is 1. The molecular formula is C23H41NOSSn. The van der Waals surface area contributed by atoms with Gasteiger partial charge in [0.05, 0.1) is 0 Å². The first-order valence-corrected chi connectivity index (χ1v) is 19.1. The number of anilines is 1. The van der Waals surface area contributed by atoms with Crippen LogP contribution < -0.4 is 8.48 Å². The predicted molar refractivity (Wildman–Crippen MR) is 127 cm³/mol. The van der Waals surface area contributed by atoms with Crippen molar-refractivity contribution >= 4 is 46.2 Å². The monoisotopic (exact) mass is 499 g/mol. The first kappa shape index (κ1) is 24.9. The Bertz CT molecular complexity index is 539. The van der Waals surface area contributed by atoms with Gasteiger partial charge in [-0.15, -0.1) is 0 Å². The molecule has 0 atom stereocenters. The molecule has 0 spiro atoms. The molecule has 0 fully saturated rings. The third kappa shape index (κ3) is 7.30. The minimum absolute atomic E-state index is 0.0990. The molecule has 0 aromatic heterocycles. The van der Waals surface area contributed by atoms with Crippen molar-refractivity contribution in [3.8, 4) is 0 Å². The van der Waals surface area contributed by atoms with E-state index < -0.39 is 18.4 Å². The van der Waals surface area contributed by atoms with Crippen LogP contribution in [0.5, 0.6) is 0 Å². The van der Waals surface area contributed by atoms with Crippen LogP contribution in [0.1, 0.15) is 73.1 Å². The first-order chi connectivity index (χ1) is 13.0. The SMILES string of the molecule is CCC[CH2][Sn]([CH2]CCC)([CH2]CCC)[c]1cccc(N(C(=O)CS)C(C)C)c1. The average Bonchev–Trinajstić information content (AvgIpc) is 2.67. The van der Waals surface area contributed by atoms with Crippen molar-refractivity contribution < 1.29 is 4.79 Å². The fraction of sp³-hybridized carbons (Fsp3) is 0.696. The molecule has 4 heteroatoms. The third-order valence-corrected chi connectivity index (χ3v) is 21.6. The van der Waals surface area contributed by atoms with Gasteiger partial charge in [-0.3, -0.25) is 0 Å². The van der Waals surface area contributed by atoms with E-state index in [1.165, 1.54) is 51.8 Å². The Balaban J connectivity index is 3.36. The van der Waals surface area contributed by atoms with Crippen molar-refractivity contribution in [3.63, 3.8) is 0 Å². The summed E-state index contributed by atoms with van der Waals surface area (Å²) in [6, 6.07) is 9.25. The number of nitrogens with zero attached hydrogens (tertiary/aromatic N) is 1. The number of hydrogen-bond acceptors (Lipinski definition) is 2. The van der Waals surface area contributed by atoms with Crippen molar-refractivity contribution in [1.29, 1.82) is 0 Å². The number of thiol groups is 1. The van der Waals surface area contributed by atoms with Crippen LogP contribution in [0.2, 0.25) is 13.3 Å². The quantitative estimate of drug-likeness (QED) is 0.246. The molecule has 1 aromatic rings. The van der Waals surface area contributed by atoms with Crippen LogP contribution in [0.3, 0.4) is 0 Å². The molecule has 0 radical (unpaired) electrons. The van der Waals surface area contributed by atoms with Crippen LogP contribution in [-0.2, 0) is 4.79 Å². The first-order valence-electron chi connectivity index (χ1n) is 11.0. The zero-order valence-electron chi connectivity index (χ0n) is 18.3. The van der Waals surface area contributed by atoms with E-state index >= 15 is 0 Å². The summed E-state index contributed by atoms with van der Waals surface area (Å²) >= 11 is 1.78. The van der Waals surface area contributed by atoms with Gasteiger partial charge in [0.2, 0.25) is 0 Å². The van der Waals surface area contributed by atoms with Crippen molar-refractivity contribution in [3.05, 3.63) is 24.3 Å². The van der Waals surface area contributed by atoms with E-state index in [0.29, 0.717) is 0 Å². The summed E-state index contributed by atoms with van der Waals surface area (Å²) in [5, 5.41) is 0. The van der Waals surface area contributed by atoms with Gasteiger partial charge in [-0.1, -0.05) is 0 Å². The van der Waals surface area contributed by atoms with Gasteiger partial charge in [-0.25, -0.2) is 0 Å². The molecule has 0 unspecified atom stereocenters. The Labute approximate surface area is 177 Å². The summed E-state index contributed by atoms with van der Waals surface area (Å²) < 4.78 is 6.00. The molecular weight excluding hydrogens is 457 g/mol. The second-order valence-electron chi connectivity index (χ2n) is 8.16. The number of rotatable bonds is 13. The van der Waals surface area contributed by atoms with Gasteiger partial charge in [0.15, 0.2) is 0 Å².